The second-order valence-electron chi connectivity index (χ2n) is 7.51. The van der Waals surface area contributed by atoms with Crippen LogP contribution in [0.25, 0.3) is 0 Å². The van der Waals surface area contributed by atoms with Crippen molar-refractivity contribution in [1.29, 1.82) is 0 Å². The van der Waals surface area contributed by atoms with Gasteiger partial charge < -0.3 is 11.1 Å². The molecule has 2 saturated carbocycles. The summed E-state index contributed by atoms with van der Waals surface area (Å²) < 4.78 is 0. The van der Waals surface area contributed by atoms with Crippen molar-refractivity contribution in [3.8, 4) is 0 Å². The van der Waals surface area contributed by atoms with Crippen LogP contribution in [-0.2, 0) is 0 Å². The Bertz CT molecular complexity index is 349. The van der Waals surface area contributed by atoms with Gasteiger partial charge >= 0.3 is 0 Å². The van der Waals surface area contributed by atoms with Gasteiger partial charge in [0.1, 0.15) is 0 Å². The summed E-state index contributed by atoms with van der Waals surface area (Å²) in [5, 5.41) is 3.69. The van der Waals surface area contributed by atoms with Gasteiger partial charge in [-0.25, -0.2) is 0 Å². The van der Waals surface area contributed by atoms with Gasteiger partial charge in [-0.3, -0.25) is 0 Å². The average molecular weight is 262 g/mol. The molecule has 0 aromatic heterocycles. The third-order valence-electron chi connectivity index (χ3n) is 5.64. The fourth-order valence-electron chi connectivity index (χ4n) is 4.78. The van der Waals surface area contributed by atoms with Crippen LogP contribution in [0.15, 0.2) is 11.6 Å². The summed E-state index contributed by atoms with van der Waals surface area (Å²) in [4.78, 5) is 0. The van der Waals surface area contributed by atoms with Gasteiger partial charge in [-0.05, 0) is 74.8 Å². The summed E-state index contributed by atoms with van der Waals surface area (Å²) >= 11 is 0. The van der Waals surface area contributed by atoms with Gasteiger partial charge in [-0.2, -0.15) is 0 Å². The highest BCUT2D eigenvalue weighted by Gasteiger charge is 2.48. The molecule has 108 valence electrons. The number of nitrogens with two attached hydrogens (primary N) is 1. The van der Waals surface area contributed by atoms with E-state index in [4.69, 9.17) is 5.73 Å². The molecule has 0 heterocycles. The van der Waals surface area contributed by atoms with E-state index in [1.165, 1.54) is 51.5 Å². The standard InChI is InChI=1S/C17H30N2/c1-17(12-19-6-4-2-3-5-18)10-13-7-14-9-15(11-17)16(14)8-13/h11,13-14,16,19H,2-10,12,18H2,1H3. The highest BCUT2D eigenvalue weighted by atomic mass is 14.9. The molecule has 0 radical (unpaired) electrons. The van der Waals surface area contributed by atoms with Crippen LogP contribution in [0.3, 0.4) is 0 Å². The average Bonchev–Trinajstić information content (AvgIpc) is 2.61. The van der Waals surface area contributed by atoms with Crippen molar-refractivity contribution in [2.24, 2.45) is 28.9 Å². The van der Waals surface area contributed by atoms with E-state index < -0.39 is 0 Å². The summed E-state index contributed by atoms with van der Waals surface area (Å²) in [6.45, 7) is 5.65. The fourth-order valence-corrected chi connectivity index (χ4v) is 4.78. The number of allylic oxidation sites excluding steroid dienone is 1. The lowest BCUT2D eigenvalue weighted by atomic mass is 9.67. The lowest BCUT2D eigenvalue weighted by molar-refractivity contribution is 0.266. The molecule has 2 nitrogen and oxygen atoms in total. The Morgan fingerprint density at radius 1 is 1.32 bits per heavy atom. The van der Waals surface area contributed by atoms with Crippen LogP contribution in [0.1, 0.15) is 51.9 Å². The third kappa shape index (κ3) is 2.90. The van der Waals surface area contributed by atoms with E-state index in [-0.39, 0.29) is 0 Å². The summed E-state index contributed by atoms with van der Waals surface area (Å²) in [5.41, 5.74) is 7.75. The molecular weight excluding hydrogens is 232 g/mol. The second-order valence-corrected chi connectivity index (χ2v) is 7.51. The number of rotatable bonds is 7. The van der Waals surface area contributed by atoms with Gasteiger partial charge in [0.05, 0.1) is 0 Å². The van der Waals surface area contributed by atoms with Crippen LogP contribution in [0.4, 0.5) is 0 Å². The van der Waals surface area contributed by atoms with Gasteiger partial charge in [-0.15, -0.1) is 0 Å². The van der Waals surface area contributed by atoms with Crippen molar-refractivity contribution >= 4 is 0 Å². The second kappa shape index (κ2) is 5.57. The van der Waals surface area contributed by atoms with E-state index in [1.807, 2.05) is 0 Å². The molecule has 0 spiro atoms. The van der Waals surface area contributed by atoms with Crippen LogP contribution in [-0.4, -0.2) is 19.6 Å². The number of hydrogen-bond acceptors (Lipinski definition) is 2. The molecule has 4 unspecified atom stereocenters. The number of nitrogens with one attached hydrogen (secondary N) is 1. The van der Waals surface area contributed by atoms with Crippen LogP contribution in [0.2, 0.25) is 0 Å². The first-order valence-corrected chi connectivity index (χ1v) is 8.32. The minimum Gasteiger partial charge on any atom is -0.330 e. The molecule has 0 aliphatic heterocycles. The molecule has 3 rings (SSSR count). The van der Waals surface area contributed by atoms with Crippen LogP contribution in [0.5, 0.6) is 0 Å². The van der Waals surface area contributed by atoms with Gasteiger partial charge in [0, 0.05) is 6.54 Å². The first kappa shape index (κ1) is 13.6. The molecule has 2 heteroatoms. The normalized spacial score (nSPS) is 39.7. The zero-order valence-electron chi connectivity index (χ0n) is 12.5. The summed E-state index contributed by atoms with van der Waals surface area (Å²) in [6.07, 6.45) is 12.2. The van der Waals surface area contributed by atoms with Gasteiger partial charge in [-0.1, -0.05) is 25.0 Å². The lowest BCUT2D eigenvalue weighted by Crippen LogP contribution is -2.34. The molecule has 19 heavy (non-hydrogen) atoms. The van der Waals surface area contributed by atoms with Gasteiger partial charge in [0.25, 0.3) is 0 Å². The highest BCUT2D eigenvalue weighted by Crippen LogP contribution is 2.58. The number of unbranched alkanes of at least 4 members (excludes halogenated alkanes) is 2. The Balaban J connectivity index is 1.47. The predicted octanol–water partition coefficient (Wildman–Crippen LogP) is 3.09. The van der Waals surface area contributed by atoms with Crippen molar-refractivity contribution < 1.29 is 0 Å². The SMILES string of the molecule is CC1(CNCCCCCN)C=C2CC3CC(CC23)C1. The number of hydrogen-bond donors (Lipinski definition) is 2. The maximum absolute atomic E-state index is 5.52. The smallest absolute Gasteiger partial charge is 0.00401 e. The van der Waals surface area contributed by atoms with Gasteiger partial charge in [0.15, 0.2) is 0 Å². The van der Waals surface area contributed by atoms with Crippen molar-refractivity contribution in [3.63, 3.8) is 0 Å². The largest absolute Gasteiger partial charge is 0.330 e. The van der Waals surface area contributed by atoms with Crippen molar-refractivity contribution in [1.82, 2.24) is 5.32 Å². The molecule has 2 bridgehead atoms. The van der Waals surface area contributed by atoms with E-state index in [1.54, 1.807) is 5.57 Å². The van der Waals surface area contributed by atoms with E-state index >= 15 is 0 Å². The van der Waals surface area contributed by atoms with E-state index in [2.05, 4.69) is 18.3 Å². The Morgan fingerprint density at radius 2 is 2.21 bits per heavy atom. The molecule has 3 aliphatic carbocycles. The molecular formula is C17H30N2. The first-order chi connectivity index (χ1) is 9.20. The lowest BCUT2D eigenvalue weighted by Gasteiger charge is -2.38. The Morgan fingerprint density at radius 3 is 3.05 bits per heavy atom. The van der Waals surface area contributed by atoms with Crippen molar-refractivity contribution in [3.05, 3.63) is 11.6 Å². The fraction of sp³-hybridized carbons (Fsp3) is 0.882. The van der Waals surface area contributed by atoms with Crippen LogP contribution >= 0.6 is 0 Å². The molecule has 0 amide bonds. The van der Waals surface area contributed by atoms with Crippen LogP contribution < -0.4 is 11.1 Å². The van der Waals surface area contributed by atoms with E-state index in [0.29, 0.717) is 5.41 Å². The maximum atomic E-state index is 5.52. The maximum Gasteiger partial charge on any atom is 0.00401 e. The first-order valence-electron chi connectivity index (χ1n) is 8.32. The van der Waals surface area contributed by atoms with Crippen LogP contribution in [0, 0.1) is 23.2 Å². The van der Waals surface area contributed by atoms with Gasteiger partial charge in [0.2, 0.25) is 0 Å². The molecule has 0 aromatic rings. The molecule has 0 aromatic carbocycles. The topological polar surface area (TPSA) is 38.0 Å². The van der Waals surface area contributed by atoms with E-state index in [0.717, 1.165) is 30.8 Å². The summed E-state index contributed by atoms with van der Waals surface area (Å²) in [6, 6.07) is 0. The van der Waals surface area contributed by atoms with Crippen molar-refractivity contribution in [2.45, 2.75) is 51.9 Å². The quantitative estimate of drug-likeness (QED) is 0.546. The molecule has 3 aliphatic rings. The summed E-state index contributed by atoms with van der Waals surface area (Å²) in [7, 11) is 0. The minimum absolute atomic E-state index is 0.425. The third-order valence-corrected chi connectivity index (χ3v) is 5.64. The molecule has 4 atom stereocenters. The van der Waals surface area contributed by atoms with E-state index in [9.17, 15) is 0 Å². The zero-order valence-corrected chi connectivity index (χ0v) is 12.5. The predicted molar refractivity (Wildman–Crippen MR) is 80.9 cm³/mol. The molecule has 0 saturated heterocycles. The highest BCUT2D eigenvalue weighted by molar-refractivity contribution is 5.27. The van der Waals surface area contributed by atoms with Crippen molar-refractivity contribution in [2.75, 3.05) is 19.6 Å². The minimum atomic E-state index is 0.425. The summed E-state index contributed by atoms with van der Waals surface area (Å²) in [5.74, 6) is 3.08. The Labute approximate surface area is 118 Å². The molecule has 2 fully saturated rings. The monoisotopic (exact) mass is 262 g/mol. The number of fused-ring (bicyclic) bond motifs is 1. The zero-order chi connectivity index (χ0) is 13.3. The Hall–Kier alpha value is -0.340. The molecule has 3 N–H and O–H groups in total. The Kier molecular flexibility index (Phi) is 4.00.